The number of benzene rings is 1. The lowest BCUT2D eigenvalue weighted by molar-refractivity contribution is -0.274. The van der Waals surface area contributed by atoms with Crippen LogP contribution in [0.4, 0.5) is 13.2 Å². The molecule has 128 valence electrons. The Kier molecular flexibility index (Phi) is 4.62. The number of likely N-dealkylation sites (tertiary alicyclic amines) is 1. The van der Waals surface area contributed by atoms with Gasteiger partial charge in [-0.1, -0.05) is 12.1 Å². The van der Waals surface area contributed by atoms with E-state index in [2.05, 4.69) is 21.7 Å². The van der Waals surface area contributed by atoms with E-state index in [1.807, 2.05) is 6.07 Å². The highest BCUT2D eigenvalue weighted by Crippen LogP contribution is 2.32. The lowest BCUT2D eigenvalue weighted by Gasteiger charge is -2.19. The maximum Gasteiger partial charge on any atom is 0.573 e. The van der Waals surface area contributed by atoms with E-state index in [9.17, 15) is 13.2 Å². The third-order valence-electron chi connectivity index (χ3n) is 3.93. The van der Waals surface area contributed by atoms with Gasteiger partial charge in [-0.15, -0.1) is 13.2 Å². The van der Waals surface area contributed by atoms with Crippen LogP contribution >= 0.6 is 0 Å². The van der Waals surface area contributed by atoms with Gasteiger partial charge in [-0.05, 0) is 44.1 Å². The molecule has 1 unspecified atom stereocenters. The highest BCUT2D eigenvalue weighted by molar-refractivity contribution is 5.35. The number of hydrogen-bond acceptors (Lipinski definition) is 4. The minimum absolute atomic E-state index is 0.231. The molecule has 1 aromatic carbocycles. The van der Waals surface area contributed by atoms with Gasteiger partial charge in [0.2, 0.25) is 5.88 Å². The first kappa shape index (κ1) is 16.6. The number of hydrogen-bond donors (Lipinski definition) is 0. The number of nitrogens with zero attached hydrogens (tertiary/aromatic N) is 2. The Morgan fingerprint density at radius 2 is 1.96 bits per heavy atom. The molecule has 1 aliphatic rings. The van der Waals surface area contributed by atoms with E-state index in [0.717, 1.165) is 24.9 Å². The molecule has 7 heteroatoms. The van der Waals surface area contributed by atoms with Crippen molar-refractivity contribution in [2.24, 2.45) is 0 Å². The molecule has 24 heavy (non-hydrogen) atoms. The molecular weight excluding hydrogens is 321 g/mol. The predicted octanol–water partition coefficient (Wildman–Crippen LogP) is 4.54. The topological polar surface area (TPSA) is 34.6 Å². The number of rotatable bonds is 4. The Labute approximate surface area is 137 Å². The number of pyridine rings is 1. The van der Waals surface area contributed by atoms with E-state index < -0.39 is 6.36 Å². The van der Waals surface area contributed by atoms with Crippen LogP contribution in [0.1, 0.15) is 24.4 Å². The summed E-state index contributed by atoms with van der Waals surface area (Å²) in [7, 11) is 2.08. The van der Waals surface area contributed by atoms with Crippen molar-refractivity contribution in [3.05, 3.63) is 48.2 Å². The number of ether oxygens (including phenoxy) is 2. The fraction of sp³-hybridized carbons (Fsp3) is 0.353. The fourth-order valence-corrected chi connectivity index (χ4v) is 2.84. The summed E-state index contributed by atoms with van der Waals surface area (Å²) in [4.78, 5) is 6.52. The highest BCUT2D eigenvalue weighted by atomic mass is 19.4. The highest BCUT2D eigenvalue weighted by Gasteiger charge is 2.31. The van der Waals surface area contributed by atoms with E-state index in [1.54, 1.807) is 18.3 Å². The Bertz CT molecular complexity index is 689. The smallest absolute Gasteiger partial charge is 0.439 e. The number of aromatic nitrogens is 1. The molecule has 0 aliphatic carbocycles. The zero-order chi connectivity index (χ0) is 17.2. The first-order valence-corrected chi connectivity index (χ1v) is 7.60. The van der Waals surface area contributed by atoms with E-state index >= 15 is 0 Å². The largest absolute Gasteiger partial charge is 0.573 e. The lowest BCUT2D eigenvalue weighted by Crippen LogP contribution is -2.17. The first-order valence-electron chi connectivity index (χ1n) is 7.60. The van der Waals surface area contributed by atoms with E-state index in [-0.39, 0.29) is 11.5 Å². The Morgan fingerprint density at radius 3 is 2.58 bits per heavy atom. The molecule has 1 aromatic heterocycles. The van der Waals surface area contributed by atoms with Crippen molar-refractivity contribution >= 4 is 0 Å². The van der Waals surface area contributed by atoms with Crippen molar-refractivity contribution in [3.8, 4) is 17.4 Å². The molecule has 0 amide bonds. The van der Waals surface area contributed by atoms with Crippen LogP contribution in [0.15, 0.2) is 42.6 Å². The van der Waals surface area contributed by atoms with E-state index in [0.29, 0.717) is 11.9 Å². The number of alkyl halides is 3. The summed E-state index contributed by atoms with van der Waals surface area (Å²) in [5, 5.41) is 0. The molecule has 0 radical (unpaired) electrons. The van der Waals surface area contributed by atoms with Gasteiger partial charge in [0.25, 0.3) is 0 Å². The van der Waals surface area contributed by atoms with Crippen LogP contribution in [-0.2, 0) is 0 Å². The first-order chi connectivity index (χ1) is 11.4. The molecule has 4 nitrogen and oxygen atoms in total. The second-order valence-electron chi connectivity index (χ2n) is 5.69. The zero-order valence-corrected chi connectivity index (χ0v) is 13.1. The monoisotopic (exact) mass is 338 g/mol. The van der Waals surface area contributed by atoms with Crippen LogP contribution in [0.3, 0.4) is 0 Å². The van der Waals surface area contributed by atoms with Gasteiger partial charge >= 0.3 is 6.36 Å². The van der Waals surface area contributed by atoms with Crippen molar-refractivity contribution < 1.29 is 22.6 Å². The van der Waals surface area contributed by atoms with Crippen LogP contribution in [0, 0.1) is 0 Å². The van der Waals surface area contributed by atoms with Gasteiger partial charge in [0, 0.05) is 24.4 Å². The van der Waals surface area contributed by atoms with Gasteiger partial charge in [-0.3, -0.25) is 4.90 Å². The van der Waals surface area contributed by atoms with Gasteiger partial charge in [0.15, 0.2) is 0 Å². The third-order valence-corrected chi connectivity index (χ3v) is 3.93. The summed E-state index contributed by atoms with van der Waals surface area (Å²) in [6, 6.07) is 9.38. The molecule has 2 heterocycles. The van der Waals surface area contributed by atoms with Gasteiger partial charge in [-0.25, -0.2) is 4.98 Å². The van der Waals surface area contributed by atoms with Gasteiger partial charge in [0.05, 0.1) is 0 Å². The zero-order valence-electron chi connectivity index (χ0n) is 13.1. The normalized spacial score (nSPS) is 18.6. The van der Waals surface area contributed by atoms with Gasteiger partial charge < -0.3 is 9.47 Å². The molecule has 1 saturated heterocycles. The van der Waals surface area contributed by atoms with Gasteiger partial charge in [0.1, 0.15) is 11.5 Å². The molecule has 0 saturated carbocycles. The summed E-state index contributed by atoms with van der Waals surface area (Å²) in [5.74, 6) is 0.225. The molecule has 1 atom stereocenters. The summed E-state index contributed by atoms with van der Waals surface area (Å²) < 4.78 is 46.1. The van der Waals surface area contributed by atoms with E-state index in [1.165, 1.54) is 18.2 Å². The molecule has 2 aromatic rings. The molecule has 0 spiro atoms. The van der Waals surface area contributed by atoms with Crippen LogP contribution < -0.4 is 9.47 Å². The van der Waals surface area contributed by atoms with Crippen molar-refractivity contribution in [2.45, 2.75) is 25.2 Å². The van der Waals surface area contributed by atoms with Crippen molar-refractivity contribution in [1.29, 1.82) is 0 Å². The van der Waals surface area contributed by atoms with Crippen LogP contribution in [0.2, 0.25) is 0 Å². The summed E-state index contributed by atoms with van der Waals surface area (Å²) >= 11 is 0. The quantitative estimate of drug-likeness (QED) is 0.820. The van der Waals surface area contributed by atoms with Crippen LogP contribution in [0.5, 0.6) is 17.4 Å². The molecule has 1 aliphatic heterocycles. The summed E-state index contributed by atoms with van der Waals surface area (Å²) in [5.41, 5.74) is 1.11. The van der Waals surface area contributed by atoms with Gasteiger partial charge in [-0.2, -0.15) is 0 Å². The summed E-state index contributed by atoms with van der Waals surface area (Å²) in [6.45, 7) is 1.06. The lowest BCUT2D eigenvalue weighted by atomic mass is 10.1. The van der Waals surface area contributed by atoms with Crippen LogP contribution in [-0.4, -0.2) is 29.8 Å². The SMILES string of the molecule is CN1CCCC1c1ccc(Oc2cccc(OC(F)(F)F)c2)nc1. The second-order valence-corrected chi connectivity index (χ2v) is 5.69. The van der Waals surface area contributed by atoms with E-state index in [4.69, 9.17) is 4.74 Å². The van der Waals surface area contributed by atoms with Crippen molar-refractivity contribution in [1.82, 2.24) is 9.88 Å². The number of halogens is 3. The Hall–Kier alpha value is -2.28. The standard InChI is InChI=1S/C17H17F3N2O2/c1-22-9-3-6-15(22)12-7-8-16(21-11-12)23-13-4-2-5-14(10-13)24-17(18,19)20/h2,4-5,7-8,10-11,15H,3,6,9H2,1H3. The average molecular weight is 338 g/mol. The molecule has 1 fully saturated rings. The van der Waals surface area contributed by atoms with Crippen molar-refractivity contribution in [3.63, 3.8) is 0 Å². The average Bonchev–Trinajstić information content (AvgIpc) is 2.93. The fourth-order valence-electron chi connectivity index (χ4n) is 2.84. The Morgan fingerprint density at radius 1 is 1.17 bits per heavy atom. The maximum atomic E-state index is 12.2. The molecule has 0 N–H and O–H groups in total. The molecule has 0 bridgehead atoms. The van der Waals surface area contributed by atoms with Crippen molar-refractivity contribution in [2.75, 3.05) is 13.6 Å². The summed E-state index contributed by atoms with van der Waals surface area (Å²) in [6.07, 6.45) is -0.732. The third kappa shape index (κ3) is 4.17. The Balaban J connectivity index is 1.69. The molecular formula is C17H17F3N2O2. The minimum atomic E-state index is -4.73. The maximum absolute atomic E-state index is 12.2. The second kappa shape index (κ2) is 6.68. The predicted molar refractivity (Wildman–Crippen MR) is 82.0 cm³/mol. The van der Waals surface area contributed by atoms with Crippen LogP contribution in [0.25, 0.3) is 0 Å². The minimum Gasteiger partial charge on any atom is -0.439 e. The molecule has 3 rings (SSSR count).